The Hall–Kier alpha value is -1.14. The van der Waals surface area contributed by atoms with Crippen molar-refractivity contribution >= 4 is 17.4 Å². The Bertz CT molecular complexity index is 348. The molecule has 0 aliphatic carbocycles. The molecule has 0 unspecified atom stereocenters. The third kappa shape index (κ3) is 3.41. The number of aromatic nitrogens is 1. The smallest absolute Gasteiger partial charge is 0.409 e. The van der Waals surface area contributed by atoms with Crippen molar-refractivity contribution in [3.63, 3.8) is 0 Å². The number of hydrogen-bond donors (Lipinski definition) is 0. The van der Waals surface area contributed by atoms with E-state index < -0.39 is 0 Å². The summed E-state index contributed by atoms with van der Waals surface area (Å²) in [5.41, 5.74) is 2.96. The minimum absolute atomic E-state index is 0.194. The van der Waals surface area contributed by atoms with Crippen LogP contribution in [0.2, 0.25) is 0 Å². The summed E-state index contributed by atoms with van der Waals surface area (Å²) in [5.74, 6) is 0. The second kappa shape index (κ2) is 5.97. The highest BCUT2D eigenvalue weighted by Gasteiger charge is 2.21. The van der Waals surface area contributed by atoms with Crippen molar-refractivity contribution in [2.45, 2.75) is 13.5 Å². The van der Waals surface area contributed by atoms with Gasteiger partial charge in [-0.15, -0.1) is 11.3 Å². The maximum atomic E-state index is 11.5. The van der Waals surface area contributed by atoms with E-state index >= 15 is 0 Å². The molecule has 0 atom stereocenters. The predicted octanol–water partition coefficient (Wildman–Crippen LogP) is 1.42. The molecule has 1 fully saturated rings. The minimum atomic E-state index is -0.194. The summed E-state index contributed by atoms with van der Waals surface area (Å²) in [4.78, 5) is 19.8. The van der Waals surface area contributed by atoms with Gasteiger partial charge in [-0.2, -0.15) is 0 Å². The molecule has 2 heterocycles. The van der Waals surface area contributed by atoms with Crippen LogP contribution < -0.4 is 0 Å². The lowest BCUT2D eigenvalue weighted by Gasteiger charge is -2.33. The Labute approximate surface area is 105 Å². The summed E-state index contributed by atoms with van der Waals surface area (Å²) < 4.78 is 4.98. The van der Waals surface area contributed by atoms with Crippen LogP contribution in [-0.2, 0) is 11.3 Å². The van der Waals surface area contributed by atoms with Gasteiger partial charge in [-0.1, -0.05) is 0 Å². The Morgan fingerprint density at radius 3 is 2.82 bits per heavy atom. The SMILES string of the molecule is CCOC(=O)N1CCN(Cc2cscn2)CC1. The van der Waals surface area contributed by atoms with Gasteiger partial charge in [0.25, 0.3) is 0 Å². The monoisotopic (exact) mass is 255 g/mol. The van der Waals surface area contributed by atoms with Gasteiger partial charge >= 0.3 is 6.09 Å². The molecule has 1 aromatic rings. The van der Waals surface area contributed by atoms with Crippen molar-refractivity contribution in [2.24, 2.45) is 0 Å². The Balaban J connectivity index is 1.76. The van der Waals surface area contributed by atoms with Crippen molar-refractivity contribution in [1.82, 2.24) is 14.8 Å². The molecule has 0 bridgehead atoms. The molecule has 1 saturated heterocycles. The van der Waals surface area contributed by atoms with Crippen molar-refractivity contribution in [1.29, 1.82) is 0 Å². The molecule has 17 heavy (non-hydrogen) atoms. The van der Waals surface area contributed by atoms with Gasteiger partial charge in [0.1, 0.15) is 0 Å². The number of carbonyl (C=O) groups excluding carboxylic acids is 1. The van der Waals surface area contributed by atoms with Crippen molar-refractivity contribution < 1.29 is 9.53 Å². The fraction of sp³-hybridized carbons (Fsp3) is 0.636. The fourth-order valence-electron chi connectivity index (χ4n) is 1.85. The van der Waals surface area contributed by atoms with E-state index in [2.05, 4.69) is 15.3 Å². The van der Waals surface area contributed by atoms with Crippen LogP contribution in [0.1, 0.15) is 12.6 Å². The molecule has 0 spiro atoms. The predicted molar refractivity (Wildman–Crippen MR) is 66.0 cm³/mol. The van der Waals surface area contributed by atoms with Gasteiger partial charge in [0, 0.05) is 38.1 Å². The quantitative estimate of drug-likeness (QED) is 0.819. The van der Waals surface area contributed by atoms with E-state index in [4.69, 9.17) is 4.74 Å². The van der Waals surface area contributed by atoms with Crippen molar-refractivity contribution in [3.8, 4) is 0 Å². The van der Waals surface area contributed by atoms with Crippen LogP contribution in [0, 0.1) is 0 Å². The molecule has 6 heteroatoms. The Kier molecular flexibility index (Phi) is 4.33. The second-order valence-electron chi connectivity index (χ2n) is 3.94. The topological polar surface area (TPSA) is 45.7 Å². The van der Waals surface area contributed by atoms with Gasteiger partial charge in [-0.3, -0.25) is 4.90 Å². The molecule has 94 valence electrons. The molecule has 1 aromatic heterocycles. The van der Waals surface area contributed by atoms with Gasteiger partial charge in [-0.05, 0) is 6.92 Å². The number of piperazine rings is 1. The van der Waals surface area contributed by atoms with Gasteiger partial charge in [0.15, 0.2) is 0 Å². The molecule has 5 nitrogen and oxygen atoms in total. The number of hydrogen-bond acceptors (Lipinski definition) is 5. The molecular weight excluding hydrogens is 238 g/mol. The normalized spacial score (nSPS) is 17.1. The summed E-state index contributed by atoms with van der Waals surface area (Å²) in [6.45, 7) is 6.40. The summed E-state index contributed by atoms with van der Waals surface area (Å²) >= 11 is 1.62. The first-order valence-corrected chi connectivity index (χ1v) is 6.75. The largest absolute Gasteiger partial charge is 0.450 e. The highest BCUT2D eigenvalue weighted by molar-refractivity contribution is 7.07. The Morgan fingerprint density at radius 1 is 1.47 bits per heavy atom. The molecule has 0 N–H and O–H groups in total. The number of nitrogens with zero attached hydrogens (tertiary/aromatic N) is 3. The molecule has 1 aliphatic rings. The lowest BCUT2D eigenvalue weighted by atomic mass is 10.3. The third-order valence-corrected chi connectivity index (χ3v) is 3.40. The number of carbonyl (C=O) groups is 1. The van der Waals surface area contributed by atoms with E-state index in [9.17, 15) is 4.79 Å². The van der Waals surface area contributed by atoms with Gasteiger partial charge < -0.3 is 9.64 Å². The van der Waals surface area contributed by atoms with E-state index in [-0.39, 0.29) is 6.09 Å². The highest BCUT2D eigenvalue weighted by Crippen LogP contribution is 2.09. The first kappa shape index (κ1) is 12.3. The minimum Gasteiger partial charge on any atom is -0.450 e. The molecule has 2 rings (SSSR count). The zero-order valence-corrected chi connectivity index (χ0v) is 10.8. The molecule has 0 saturated carbocycles. The number of ether oxygens (including phenoxy) is 1. The van der Waals surface area contributed by atoms with Crippen LogP contribution in [-0.4, -0.2) is 53.7 Å². The summed E-state index contributed by atoms with van der Waals surface area (Å²) in [6.07, 6.45) is -0.194. The Morgan fingerprint density at radius 2 is 2.24 bits per heavy atom. The van der Waals surface area contributed by atoms with Crippen LogP contribution in [0.3, 0.4) is 0 Å². The molecule has 1 amide bonds. The number of thiazole rings is 1. The van der Waals surface area contributed by atoms with Crippen LogP contribution >= 0.6 is 11.3 Å². The number of amides is 1. The maximum absolute atomic E-state index is 11.5. The van der Waals surface area contributed by atoms with E-state index in [0.717, 1.165) is 38.4 Å². The third-order valence-electron chi connectivity index (χ3n) is 2.77. The fourth-order valence-corrected chi connectivity index (χ4v) is 2.40. The van der Waals surface area contributed by atoms with E-state index in [1.165, 1.54) is 0 Å². The molecule has 0 radical (unpaired) electrons. The van der Waals surface area contributed by atoms with Crippen LogP contribution in [0.4, 0.5) is 4.79 Å². The van der Waals surface area contributed by atoms with Gasteiger partial charge in [0.2, 0.25) is 0 Å². The molecule has 1 aliphatic heterocycles. The van der Waals surface area contributed by atoms with E-state index in [1.807, 2.05) is 12.4 Å². The standard InChI is InChI=1S/C11H17N3O2S/c1-2-16-11(15)14-5-3-13(4-6-14)7-10-8-17-9-12-10/h8-9H,2-7H2,1H3. The average molecular weight is 255 g/mol. The first-order chi connectivity index (χ1) is 8.29. The lowest BCUT2D eigenvalue weighted by Crippen LogP contribution is -2.48. The zero-order chi connectivity index (χ0) is 12.1. The lowest BCUT2D eigenvalue weighted by molar-refractivity contribution is 0.0776. The zero-order valence-electron chi connectivity index (χ0n) is 9.96. The summed E-state index contributed by atoms with van der Waals surface area (Å²) in [7, 11) is 0. The second-order valence-corrected chi connectivity index (χ2v) is 4.66. The molecular formula is C11H17N3O2S. The average Bonchev–Trinajstić information content (AvgIpc) is 2.83. The van der Waals surface area contributed by atoms with E-state index in [1.54, 1.807) is 16.2 Å². The highest BCUT2D eigenvalue weighted by atomic mass is 32.1. The van der Waals surface area contributed by atoms with E-state index in [0.29, 0.717) is 6.61 Å². The van der Waals surface area contributed by atoms with Crippen molar-refractivity contribution in [3.05, 3.63) is 16.6 Å². The molecule has 0 aromatic carbocycles. The summed E-state index contributed by atoms with van der Waals surface area (Å²) in [5, 5.41) is 2.07. The van der Waals surface area contributed by atoms with Crippen LogP contribution in [0.25, 0.3) is 0 Å². The van der Waals surface area contributed by atoms with Gasteiger partial charge in [-0.25, -0.2) is 9.78 Å². The van der Waals surface area contributed by atoms with Crippen molar-refractivity contribution in [2.75, 3.05) is 32.8 Å². The first-order valence-electron chi connectivity index (χ1n) is 5.80. The van der Waals surface area contributed by atoms with Crippen LogP contribution in [0.15, 0.2) is 10.9 Å². The van der Waals surface area contributed by atoms with Gasteiger partial charge in [0.05, 0.1) is 17.8 Å². The maximum Gasteiger partial charge on any atom is 0.409 e. The number of rotatable bonds is 3. The van der Waals surface area contributed by atoms with Crippen LogP contribution in [0.5, 0.6) is 0 Å². The summed E-state index contributed by atoms with van der Waals surface area (Å²) in [6, 6.07) is 0.